The molecule has 0 spiro atoms. The number of aliphatic carboxylic acids is 1. The highest BCUT2D eigenvalue weighted by atomic mass is 32.2. The first-order valence-electron chi connectivity index (χ1n) is 30.4. The van der Waals surface area contributed by atoms with E-state index >= 15 is 0 Å². The van der Waals surface area contributed by atoms with Gasteiger partial charge in [0.15, 0.2) is 17.6 Å². The average molecular weight is 1300 g/mol. The first-order valence-corrected chi connectivity index (χ1v) is 33.9. The number of hydrogen-bond acceptors (Lipinski definition) is 20. The summed E-state index contributed by atoms with van der Waals surface area (Å²) in [6, 6.07) is 2.50. The van der Waals surface area contributed by atoms with E-state index in [9.17, 15) is 57.8 Å². The number of esters is 1. The predicted octanol–water partition coefficient (Wildman–Crippen LogP) is 7.12. The fourth-order valence-electron chi connectivity index (χ4n) is 10.4. The Labute approximate surface area is 525 Å². The molecule has 5 amide bonds. The SMILES string of the molecule is CCC(=N)CCCSC1CC(=O)N(CCOCCOCCOCCOCCC(=O)Nc2cc(C[C@@H](CC(C)C(=O)O)NC(=O)c3csc([C@@H](C[C@H](C(C)C)N(C)C(=O)[C@@H](CC(=O)[C@H]4CCCCN4C)[C@@H](C)CC)OC(C)=O)n3)ccc2OP(=O)(O)O)C1=O. The van der Waals surface area contributed by atoms with Crippen molar-refractivity contribution in [2.45, 2.75) is 161 Å². The Balaban J connectivity index is 1.29. The molecule has 2 unspecified atom stereocenters. The van der Waals surface area contributed by atoms with Gasteiger partial charge in [-0.25, -0.2) is 9.55 Å². The number of thioether (sulfide) groups is 1. The Morgan fingerprint density at radius 2 is 1.59 bits per heavy atom. The van der Waals surface area contributed by atoms with Crippen molar-refractivity contribution in [3.63, 3.8) is 0 Å². The molecule has 8 atom stereocenters. The third-order valence-corrected chi connectivity index (χ3v) is 18.3. The molecule has 2 saturated heterocycles. The van der Waals surface area contributed by atoms with Gasteiger partial charge in [0, 0.05) is 62.3 Å². The zero-order valence-electron chi connectivity index (χ0n) is 52.5. The van der Waals surface area contributed by atoms with Crippen LogP contribution in [-0.2, 0) is 68.2 Å². The number of ether oxygens (including phenoxy) is 5. The summed E-state index contributed by atoms with van der Waals surface area (Å²) in [6.45, 7) is 15.0. The van der Waals surface area contributed by atoms with E-state index in [1.54, 1.807) is 11.9 Å². The Kier molecular flexibility index (Phi) is 32.9. The number of nitrogens with one attached hydrogen (secondary N) is 3. The number of hydrogen-bond donors (Lipinski definition) is 6. The smallest absolute Gasteiger partial charge is 0.481 e. The van der Waals surface area contributed by atoms with Gasteiger partial charge in [-0.2, -0.15) is 0 Å². The molecule has 2 aliphatic heterocycles. The zero-order valence-corrected chi connectivity index (χ0v) is 55.0. The number of phosphoric ester groups is 1. The van der Waals surface area contributed by atoms with Gasteiger partial charge in [-0.05, 0) is 93.8 Å². The lowest BCUT2D eigenvalue weighted by Crippen LogP contribution is -2.48. The number of carbonyl (C=O) groups excluding carboxylic acids is 7. The molecule has 494 valence electrons. The number of phosphoric acid groups is 1. The van der Waals surface area contributed by atoms with E-state index in [1.807, 2.05) is 41.7 Å². The maximum atomic E-state index is 14.5. The van der Waals surface area contributed by atoms with Crippen molar-refractivity contribution in [2.75, 3.05) is 91.1 Å². The molecule has 1 aromatic carbocycles. The number of amides is 5. The van der Waals surface area contributed by atoms with Crippen molar-refractivity contribution in [1.29, 1.82) is 5.41 Å². The van der Waals surface area contributed by atoms with Gasteiger partial charge >= 0.3 is 19.8 Å². The Hall–Kier alpha value is -5.22. The number of likely N-dealkylation sites (N-methyl/N-ethyl adjacent to an activating group) is 1. The minimum atomic E-state index is -5.12. The van der Waals surface area contributed by atoms with E-state index in [0.29, 0.717) is 36.3 Å². The Morgan fingerprint density at radius 3 is 2.19 bits per heavy atom. The molecular weight excluding hydrogens is 1200 g/mol. The van der Waals surface area contributed by atoms with Crippen LogP contribution in [0, 0.1) is 29.1 Å². The Bertz CT molecular complexity index is 2680. The fourth-order valence-corrected chi connectivity index (χ4v) is 12.8. The number of imide groups is 1. The first kappa shape index (κ1) is 75.2. The first-order chi connectivity index (χ1) is 41.7. The van der Waals surface area contributed by atoms with Crippen LogP contribution in [0.4, 0.5) is 5.69 Å². The predicted molar refractivity (Wildman–Crippen MR) is 332 cm³/mol. The standard InChI is InChI=1S/C60H94N7O18PS2/c1-10-39(5)45(34-50(69)48-16-12-13-20-65(48)8)58(73)66(9)49(38(3)4)35-52(84-41(7)68)57-64-47(37-88-57)56(72)62-44(31-40(6)60(75)76)32-42-17-18-51(85-86(77,78)79)46(33-42)63-54(70)19-22-80-24-26-82-28-29-83-27-25-81-23-21-67-55(71)36-53(59(67)74)87-30-14-15-43(61)11-2/h17-18,33,37-40,44-45,48-49,52-53,61H,10-16,19-32,34-36H2,1-9H3,(H,62,72)(H,63,70)(H,75,76)(H2,77,78,79)/t39-,40?,44+,45-,48+,49+,52+,53?/m0/s1. The van der Waals surface area contributed by atoms with E-state index in [-0.39, 0.29) is 161 Å². The van der Waals surface area contributed by atoms with Crippen molar-refractivity contribution in [1.82, 2.24) is 25.0 Å². The summed E-state index contributed by atoms with van der Waals surface area (Å²) in [5.74, 6) is -4.94. The van der Waals surface area contributed by atoms with Crippen LogP contribution in [0.15, 0.2) is 23.6 Å². The van der Waals surface area contributed by atoms with E-state index < -0.39 is 66.8 Å². The largest absolute Gasteiger partial charge is 0.524 e. The zero-order chi connectivity index (χ0) is 65.1. The second-order valence-corrected chi connectivity index (χ2v) is 26.2. The Morgan fingerprint density at radius 1 is 0.932 bits per heavy atom. The molecule has 3 heterocycles. The molecule has 6 N–H and O–H groups in total. The average Bonchev–Trinajstić information content (AvgIpc) is 4.28. The third-order valence-electron chi connectivity index (χ3n) is 15.7. The lowest BCUT2D eigenvalue weighted by Gasteiger charge is -2.37. The number of carboxylic acid groups (broad SMARTS) is 1. The number of piperidine rings is 1. The van der Waals surface area contributed by atoms with Crippen molar-refractivity contribution >= 4 is 89.6 Å². The molecule has 28 heteroatoms. The lowest BCUT2D eigenvalue weighted by atomic mass is 9.83. The molecule has 1 aromatic heterocycles. The number of thiazole rings is 1. The summed E-state index contributed by atoms with van der Waals surface area (Å²) >= 11 is 2.53. The highest BCUT2D eigenvalue weighted by Gasteiger charge is 2.40. The van der Waals surface area contributed by atoms with E-state index in [1.165, 1.54) is 54.1 Å². The van der Waals surface area contributed by atoms with Crippen LogP contribution in [0.25, 0.3) is 0 Å². The van der Waals surface area contributed by atoms with Crippen LogP contribution >= 0.6 is 30.9 Å². The summed E-state index contributed by atoms with van der Waals surface area (Å²) in [7, 11) is -1.48. The van der Waals surface area contributed by atoms with Crippen molar-refractivity contribution < 1.29 is 86.0 Å². The second-order valence-electron chi connectivity index (χ2n) is 22.8. The molecule has 0 aliphatic carbocycles. The number of aromatic nitrogens is 1. The molecular formula is C60H94N7O18PS2. The minimum absolute atomic E-state index is 0.0194. The molecule has 4 rings (SSSR count). The van der Waals surface area contributed by atoms with Crippen molar-refractivity contribution in [3.05, 3.63) is 39.8 Å². The molecule has 0 radical (unpaired) electrons. The van der Waals surface area contributed by atoms with Gasteiger partial charge in [0.1, 0.15) is 10.7 Å². The quantitative estimate of drug-likeness (QED) is 0.0127. The molecule has 2 aromatic rings. The topological polar surface area (TPSA) is 340 Å². The summed E-state index contributed by atoms with van der Waals surface area (Å²) in [4.78, 5) is 134. The number of carboxylic acids is 1. The number of rotatable bonds is 43. The highest BCUT2D eigenvalue weighted by molar-refractivity contribution is 8.00. The number of likely N-dealkylation sites (tertiary alicyclic amines) is 2. The minimum Gasteiger partial charge on any atom is -0.481 e. The van der Waals surface area contributed by atoms with Crippen LogP contribution < -0.4 is 15.2 Å². The number of nitrogens with zero attached hydrogens (tertiary/aromatic N) is 4. The van der Waals surface area contributed by atoms with E-state index in [2.05, 4.69) is 20.5 Å². The highest BCUT2D eigenvalue weighted by Crippen LogP contribution is 2.42. The van der Waals surface area contributed by atoms with Crippen LogP contribution in [-0.4, -0.2) is 197 Å². The number of ketones is 1. The van der Waals surface area contributed by atoms with Gasteiger partial charge < -0.3 is 54.3 Å². The number of carbonyl (C=O) groups is 8. The van der Waals surface area contributed by atoms with Gasteiger partial charge in [-0.1, -0.05) is 60.5 Å². The summed E-state index contributed by atoms with van der Waals surface area (Å²) < 4.78 is 44.9. The molecule has 0 saturated carbocycles. The summed E-state index contributed by atoms with van der Waals surface area (Å²) in [5.41, 5.74) is 0.932. The summed E-state index contributed by atoms with van der Waals surface area (Å²) in [5, 5.41) is 24.5. The van der Waals surface area contributed by atoms with Crippen LogP contribution in [0.3, 0.4) is 0 Å². The molecule has 2 aliphatic rings. The van der Waals surface area contributed by atoms with E-state index in [4.69, 9.17) is 33.6 Å². The maximum absolute atomic E-state index is 14.5. The van der Waals surface area contributed by atoms with Gasteiger partial charge in [-0.3, -0.25) is 57.9 Å². The molecule has 88 heavy (non-hydrogen) atoms. The molecule has 25 nitrogen and oxygen atoms in total. The van der Waals surface area contributed by atoms with Crippen LogP contribution in [0.2, 0.25) is 0 Å². The fraction of sp³-hybridized carbons (Fsp3) is 0.700. The third kappa shape index (κ3) is 25.9. The molecule has 0 bridgehead atoms. The van der Waals surface area contributed by atoms with Gasteiger partial charge in [0.05, 0.1) is 88.7 Å². The van der Waals surface area contributed by atoms with Crippen molar-refractivity contribution in [3.8, 4) is 5.75 Å². The van der Waals surface area contributed by atoms with Crippen LogP contribution in [0.1, 0.15) is 153 Å². The number of anilines is 1. The summed E-state index contributed by atoms with van der Waals surface area (Å²) in [6.07, 6.45) is 4.79. The van der Waals surface area contributed by atoms with E-state index in [0.717, 1.165) is 43.6 Å². The van der Waals surface area contributed by atoms with Gasteiger partial charge in [0.25, 0.3) is 5.91 Å². The lowest BCUT2D eigenvalue weighted by molar-refractivity contribution is -0.150. The monoisotopic (exact) mass is 1300 g/mol. The second kappa shape index (κ2) is 38.5. The maximum Gasteiger partial charge on any atom is 0.524 e. The van der Waals surface area contributed by atoms with Gasteiger partial charge in [-0.15, -0.1) is 23.1 Å². The van der Waals surface area contributed by atoms with Gasteiger partial charge in [0.2, 0.25) is 23.6 Å². The van der Waals surface area contributed by atoms with Crippen molar-refractivity contribution in [2.24, 2.45) is 23.7 Å². The molecule has 2 fully saturated rings. The van der Waals surface area contributed by atoms with Crippen LogP contribution in [0.5, 0.6) is 5.75 Å². The normalized spacial score (nSPS) is 17.7. The number of benzene rings is 1. The number of Topliss-reactive ketones (excluding diaryl/α,β-unsaturated/α-hetero) is 1.